The lowest BCUT2D eigenvalue weighted by Crippen LogP contribution is -2.27. The first-order chi connectivity index (χ1) is 6.77. The van der Waals surface area contributed by atoms with Gasteiger partial charge in [-0.15, -0.1) is 0 Å². The molecule has 0 bridgehead atoms. The van der Waals surface area contributed by atoms with Gasteiger partial charge in [-0.25, -0.2) is 0 Å². The number of carbonyl (C=O) groups excluding carboxylic acids is 1. The highest BCUT2D eigenvalue weighted by Gasteiger charge is 2.13. The normalized spacial score (nSPS) is 11.7. The maximum atomic E-state index is 10.8. The van der Waals surface area contributed by atoms with E-state index in [0.29, 0.717) is 5.76 Å². The molecule has 1 atom stereocenters. The molecule has 1 aromatic heterocycles. The number of nitrogens with zero attached hydrogens (tertiary/aromatic N) is 1. The Bertz CT molecular complexity index is 326. The lowest BCUT2D eigenvalue weighted by atomic mass is 10.2. The maximum absolute atomic E-state index is 10.8. The van der Waals surface area contributed by atoms with E-state index in [2.05, 4.69) is 10.1 Å². The van der Waals surface area contributed by atoms with Crippen LogP contribution in [0.15, 0.2) is 22.8 Å². The molecule has 0 aliphatic heterocycles. The van der Waals surface area contributed by atoms with Crippen molar-refractivity contribution in [3.63, 3.8) is 0 Å². The number of esters is 1. The molecule has 14 heavy (non-hydrogen) atoms. The van der Waals surface area contributed by atoms with Crippen LogP contribution in [0.2, 0.25) is 0 Å². The molecular formula is C9H10N2O3. The Morgan fingerprint density at radius 3 is 3.14 bits per heavy atom. The van der Waals surface area contributed by atoms with E-state index >= 15 is 0 Å². The van der Waals surface area contributed by atoms with Crippen LogP contribution in [0.5, 0.6) is 0 Å². The number of ether oxygens (including phenoxy) is 1. The number of methoxy groups -OCH3 is 1. The second kappa shape index (κ2) is 5.04. The second-order valence-electron chi connectivity index (χ2n) is 2.53. The Hall–Kier alpha value is -1.80. The molecule has 1 rings (SSSR count). The standard InChI is InChI=1S/C9H10N2O3/c1-13-9(12)6-11-7(5-10)8-3-2-4-14-8/h2-4,7,11H,6H2,1H3. The van der Waals surface area contributed by atoms with Crippen LogP contribution in [-0.2, 0) is 9.53 Å². The third kappa shape index (κ3) is 2.61. The van der Waals surface area contributed by atoms with Crippen molar-refractivity contribution in [2.75, 3.05) is 13.7 Å². The number of hydrogen-bond donors (Lipinski definition) is 1. The van der Waals surface area contributed by atoms with E-state index in [0.717, 1.165) is 0 Å². The smallest absolute Gasteiger partial charge is 0.319 e. The predicted molar refractivity (Wildman–Crippen MR) is 47.1 cm³/mol. The van der Waals surface area contributed by atoms with E-state index in [9.17, 15) is 4.79 Å². The van der Waals surface area contributed by atoms with Crippen molar-refractivity contribution in [3.8, 4) is 6.07 Å². The minimum Gasteiger partial charge on any atom is -0.468 e. The number of hydrogen-bond acceptors (Lipinski definition) is 5. The SMILES string of the molecule is COC(=O)CNC(C#N)c1ccco1. The van der Waals surface area contributed by atoms with Crippen LogP contribution in [0, 0.1) is 11.3 Å². The molecule has 0 aromatic carbocycles. The molecule has 0 saturated heterocycles. The lowest BCUT2D eigenvalue weighted by molar-refractivity contribution is -0.139. The highest BCUT2D eigenvalue weighted by atomic mass is 16.5. The van der Waals surface area contributed by atoms with Gasteiger partial charge in [-0.05, 0) is 12.1 Å². The topological polar surface area (TPSA) is 75.3 Å². The fourth-order valence-electron chi connectivity index (χ4n) is 0.923. The molecule has 1 unspecified atom stereocenters. The van der Waals surface area contributed by atoms with E-state index in [1.807, 2.05) is 6.07 Å². The van der Waals surface area contributed by atoms with Crippen LogP contribution in [0.3, 0.4) is 0 Å². The van der Waals surface area contributed by atoms with Crippen LogP contribution in [-0.4, -0.2) is 19.6 Å². The average molecular weight is 194 g/mol. The van der Waals surface area contributed by atoms with E-state index < -0.39 is 12.0 Å². The molecule has 5 heteroatoms. The summed E-state index contributed by atoms with van der Waals surface area (Å²) in [4.78, 5) is 10.8. The first-order valence-corrected chi connectivity index (χ1v) is 4.01. The van der Waals surface area contributed by atoms with Crippen molar-refractivity contribution < 1.29 is 13.9 Å². The van der Waals surface area contributed by atoms with Crippen LogP contribution >= 0.6 is 0 Å². The average Bonchev–Trinajstić information content (AvgIpc) is 2.72. The van der Waals surface area contributed by atoms with Gasteiger partial charge in [0.1, 0.15) is 5.76 Å². The molecule has 74 valence electrons. The summed E-state index contributed by atoms with van der Waals surface area (Å²) < 4.78 is 9.44. The Morgan fingerprint density at radius 1 is 1.86 bits per heavy atom. The zero-order valence-corrected chi connectivity index (χ0v) is 7.69. The van der Waals surface area contributed by atoms with Crippen molar-refractivity contribution in [1.29, 1.82) is 5.26 Å². The van der Waals surface area contributed by atoms with Gasteiger partial charge >= 0.3 is 5.97 Å². The third-order valence-electron chi connectivity index (χ3n) is 1.63. The lowest BCUT2D eigenvalue weighted by Gasteiger charge is -2.06. The Kier molecular flexibility index (Phi) is 3.70. The van der Waals surface area contributed by atoms with Crippen molar-refractivity contribution in [1.82, 2.24) is 5.32 Å². The Labute approximate surface area is 81.3 Å². The molecular weight excluding hydrogens is 184 g/mol. The number of nitrogens with one attached hydrogen (secondary N) is 1. The highest BCUT2D eigenvalue weighted by Crippen LogP contribution is 2.11. The molecule has 1 heterocycles. The maximum Gasteiger partial charge on any atom is 0.319 e. The zero-order chi connectivity index (χ0) is 10.4. The van der Waals surface area contributed by atoms with Crippen LogP contribution < -0.4 is 5.32 Å². The molecule has 0 amide bonds. The molecule has 0 radical (unpaired) electrons. The summed E-state index contributed by atoms with van der Waals surface area (Å²) in [6, 6.07) is 4.69. The summed E-state index contributed by atoms with van der Waals surface area (Å²) in [5, 5.41) is 11.5. The Balaban J connectivity index is 2.50. The van der Waals surface area contributed by atoms with Crippen molar-refractivity contribution >= 4 is 5.97 Å². The van der Waals surface area contributed by atoms with Gasteiger partial charge in [0.25, 0.3) is 0 Å². The fraction of sp³-hybridized carbons (Fsp3) is 0.333. The van der Waals surface area contributed by atoms with Gasteiger partial charge in [-0.3, -0.25) is 10.1 Å². The minimum absolute atomic E-state index is 0.0184. The van der Waals surface area contributed by atoms with Gasteiger partial charge < -0.3 is 9.15 Å². The Morgan fingerprint density at radius 2 is 2.64 bits per heavy atom. The van der Waals surface area contributed by atoms with Crippen molar-refractivity contribution in [2.45, 2.75) is 6.04 Å². The van der Waals surface area contributed by atoms with Gasteiger partial charge in [-0.1, -0.05) is 0 Å². The van der Waals surface area contributed by atoms with Gasteiger partial charge in [-0.2, -0.15) is 5.26 Å². The van der Waals surface area contributed by atoms with Gasteiger partial charge in [0, 0.05) is 0 Å². The van der Waals surface area contributed by atoms with E-state index in [4.69, 9.17) is 9.68 Å². The van der Waals surface area contributed by atoms with Gasteiger partial charge in [0.2, 0.25) is 0 Å². The largest absolute Gasteiger partial charge is 0.468 e. The van der Waals surface area contributed by atoms with Crippen LogP contribution in [0.4, 0.5) is 0 Å². The molecule has 0 aliphatic carbocycles. The molecule has 0 aliphatic rings. The molecule has 1 aromatic rings. The molecule has 5 nitrogen and oxygen atoms in total. The third-order valence-corrected chi connectivity index (χ3v) is 1.63. The minimum atomic E-state index is -0.621. The van der Waals surface area contributed by atoms with Gasteiger partial charge in [0.15, 0.2) is 6.04 Å². The quantitative estimate of drug-likeness (QED) is 0.710. The van der Waals surface area contributed by atoms with E-state index in [-0.39, 0.29) is 6.54 Å². The molecule has 1 N–H and O–H groups in total. The number of furan rings is 1. The molecule has 0 fully saturated rings. The summed E-state index contributed by atoms with van der Waals surface area (Å²) in [5.41, 5.74) is 0. The zero-order valence-electron chi connectivity index (χ0n) is 7.69. The monoisotopic (exact) mass is 194 g/mol. The predicted octanol–water partition coefficient (Wildman–Crippen LogP) is 0.607. The fourth-order valence-corrected chi connectivity index (χ4v) is 0.923. The van der Waals surface area contributed by atoms with Crippen molar-refractivity contribution in [3.05, 3.63) is 24.2 Å². The van der Waals surface area contributed by atoms with Crippen LogP contribution in [0.25, 0.3) is 0 Å². The van der Waals surface area contributed by atoms with Crippen molar-refractivity contribution in [2.24, 2.45) is 0 Å². The molecule has 0 spiro atoms. The van der Waals surface area contributed by atoms with E-state index in [1.54, 1.807) is 12.1 Å². The van der Waals surface area contributed by atoms with Gasteiger partial charge in [0.05, 0.1) is 26.0 Å². The number of rotatable bonds is 4. The second-order valence-corrected chi connectivity index (χ2v) is 2.53. The highest BCUT2D eigenvalue weighted by molar-refractivity contribution is 5.71. The summed E-state index contributed by atoms with van der Waals surface area (Å²) in [7, 11) is 1.29. The first kappa shape index (κ1) is 10.3. The number of nitriles is 1. The first-order valence-electron chi connectivity index (χ1n) is 4.01. The summed E-state index contributed by atoms with van der Waals surface area (Å²) >= 11 is 0. The number of carbonyl (C=O) groups is 1. The van der Waals surface area contributed by atoms with Crippen LogP contribution in [0.1, 0.15) is 11.8 Å². The summed E-state index contributed by atoms with van der Waals surface area (Å²) in [6.07, 6.45) is 1.47. The summed E-state index contributed by atoms with van der Waals surface area (Å²) in [6.45, 7) is -0.0184. The summed E-state index contributed by atoms with van der Waals surface area (Å²) in [5.74, 6) is 0.0632. The van der Waals surface area contributed by atoms with E-state index in [1.165, 1.54) is 13.4 Å². The molecule has 0 saturated carbocycles.